The Hall–Kier alpha value is -3.43. The lowest BCUT2D eigenvalue weighted by Gasteiger charge is -2.08. The third-order valence-electron chi connectivity index (χ3n) is 4.57. The van der Waals surface area contributed by atoms with E-state index in [1.54, 1.807) is 26.0 Å². The molecule has 9 nitrogen and oxygen atoms in total. The van der Waals surface area contributed by atoms with Gasteiger partial charge in [0.15, 0.2) is 6.61 Å². The van der Waals surface area contributed by atoms with Crippen LogP contribution in [-0.2, 0) is 16.1 Å². The first-order valence-electron chi connectivity index (χ1n) is 9.35. The number of esters is 1. The molecular weight excluding hydrogens is 459 g/mol. The van der Waals surface area contributed by atoms with Crippen molar-refractivity contribution in [3.05, 3.63) is 85.1 Å². The van der Waals surface area contributed by atoms with Crippen LogP contribution in [-0.4, -0.2) is 33.2 Å². The minimum Gasteiger partial charge on any atom is -0.452 e. The number of halogens is 2. The van der Waals surface area contributed by atoms with Gasteiger partial charge in [-0.2, -0.15) is 5.10 Å². The second-order valence-electron chi connectivity index (χ2n) is 6.88. The smallest absolute Gasteiger partial charge is 0.343 e. The lowest BCUT2D eigenvalue weighted by molar-refractivity contribution is -0.385. The molecule has 0 bridgehead atoms. The molecule has 3 rings (SSSR count). The van der Waals surface area contributed by atoms with E-state index in [0.717, 1.165) is 5.56 Å². The largest absolute Gasteiger partial charge is 0.452 e. The van der Waals surface area contributed by atoms with Crippen molar-refractivity contribution in [1.82, 2.24) is 9.78 Å². The normalized spacial score (nSPS) is 10.6. The fourth-order valence-electron chi connectivity index (χ4n) is 2.96. The van der Waals surface area contributed by atoms with E-state index in [2.05, 4.69) is 10.4 Å². The molecule has 3 aromatic rings. The van der Waals surface area contributed by atoms with Crippen molar-refractivity contribution in [3.8, 4) is 0 Å². The number of hydrogen-bond acceptors (Lipinski definition) is 6. The van der Waals surface area contributed by atoms with E-state index in [4.69, 9.17) is 27.9 Å². The predicted molar refractivity (Wildman–Crippen MR) is 119 cm³/mol. The molecule has 1 heterocycles. The summed E-state index contributed by atoms with van der Waals surface area (Å²) in [4.78, 5) is 35.1. The van der Waals surface area contributed by atoms with Crippen LogP contribution in [0, 0.1) is 24.0 Å². The quantitative estimate of drug-likeness (QED) is 0.303. The molecule has 0 unspecified atom stereocenters. The average molecular weight is 477 g/mol. The Bertz CT molecular complexity index is 1210. The first-order chi connectivity index (χ1) is 15.2. The van der Waals surface area contributed by atoms with Crippen molar-refractivity contribution in [2.24, 2.45) is 0 Å². The van der Waals surface area contributed by atoms with Crippen molar-refractivity contribution in [3.63, 3.8) is 0 Å². The minimum atomic E-state index is -0.817. The molecule has 2 aromatic carbocycles. The summed E-state index contributed by atoms with van der Waals surface area (Å²) < 4.78 is 6.48. The topological polar surface area (TPSA) is 116 Å². The zero-order chi connectivity index (χ0) is 23.4. The highest BCUT2D eigenvalue weighted by molar-refractivity contribution is 6.33. The Morgan fingerprint density at radius 2 is 1.91 bits per heavy atom. The molecule has 0 saturated carbocycles. The number of ether oxygens (including phenoxy) is 1. The molecule has 0 spiro atoms. The van der Waals surface area contributed by atoms with Gasteiger partial charge in [0, 0.05) is 22.3 Å². The summed E-state index contributed by atoms with van der Waals surface area (Å²) in [6.07, 6.45) is 0. The summed E-state index contributed by atoms with van der Waals surface area (Å²) in [5, 5.41) is 18.3. The Kier molecular flexibility index (Phi) is 7.12. The standard InChI is InChI=1S/C21H18Cl2N4O5/c1-12-7-8-15(9-17(12)27(30)31)24-18(28)11-32-21(29)19-13(2)25-26(20(19)23)10-14-5-3-4-6-16(14)22/h3-9H,10-11H2,1-2H3,(H,24,28). The van der Waals surface area contributed by atoms with E-state index < -0.39 is 23.4 Å². The van der Waals surface area contributed by atoms with Crippen LogP contribution in [0.1, 0.15) is 27.2 Å². The summed E-state index contributed by atoms with van der Waals surface area (Å²) >= 11 is 12.5. The summed E-state index contributed by atoms with van der Waals surface area (Å²) in [7, 11) is 0. The van der Waals surface area contributed by atoms with Crippen LogP contribution in [0.2, 0.25) is 10.2 Å². The van der Waals surface area contributed by atoms with Crippen LogP contribution in [0.4, 0.5) is 11.4 Å². The molecule has 32 heavy (non-hydrogen) atoms. The van der Waals surface area contributed by atoms with E-state index in [0.29, 0.717) is 16.3 Å². The number of anilines is 1. The molecule has 0 aliphatic rings. The number of nitro groups is 1. The van der Waals surface area contributed by atoms with Crippen LogP contribution in [0.15, 0.2) is 42.5 Å². The van der Waals surface area contributed by atoms with Crippen molar-refractivity contribution in [1.29, 1.82) is 0 Å². The van der Waals surface area contributed by atoms with E-state index in [9.17, 15) is 19.7 Å². The second kappa shape index (κ2) is 9.80. The van der Waals surface area contributed by atoms with Gasteiger partial charge in [0.05, 0.1) is 17.2 Å². The fourth-order valence-corrected chi connectivity index (χ4v) is 3.47. The van der Waals surface area contributed by atoms with Gasteiger partial charge in [-0.3, -0.25) is 14.9 Å². The molecule has 0 radical (unpaired) electrons. The lowest BCUT2D eigenvalue weighted by atomic mass is 10.2. The Morgan fingerprint density at radius 1 is 1.19 bits per heavy atom. The van der Waals surface area contributed by atoms with E-state index in [-0.39, 0.29) is 28.6 Å². The van der Waals surface area contributed by atoms with Gasteiger partial charge in [-0.25, -0.2) is 9.48 Å². The summed E-state index contributed by atoms with van der Waals surface area (Å²) in [5.41, 5.74) is 1.68. The van der Waals surface area contributed by atoms with Gasteiger partial charge in [0.1, 0.15) is 10.7 Å². The SMILES string of the molecule is Cc1ccc(NC(=O)COC(=O)c2c(C)nn(Cc3ccccc3Cl)c2Cl)cc1[N+](=O)[O-]. The maximum absolute atomic E-state index is 12.5. The molecule has 1 N–H and O–H groups in total. The van der Waals surface area contributed by atoms with Crippen LogP contribution in [0.3, 0.4) is 0 Å². The molecule has 11 heteroatoms. The van der Waals surface area contributed by atoms with Crippen LogP contribution in [0.5, 0.6) is 0 Å². The molecule has 0 atom stereocenters. The maximum Gasteiger partial charge on any atom is 0.343 e. The summed E-state index contributed by atoms with van der Waals surface area (Å²) in [6.45, 7) is 2.83. The second-order valence-corrected chi connectivity index (χ2v) is 7.65. The molecule has 1 amide bonds. The molecule has 1 aromatic heterocycles. The predicted octanol–water partition coefficient (Wildman–Crippen LogP) is 4.56. The first-order valence-corrected chi connectivity index (χ1v) is 10.1. The van der Waals surface area contributed by atoms with Gasteiger partial charge in [-0.1, -0.05) is 47.5 Å². The van der Waals surface area contributed by atoms with Gasteiger partial charge < -0.3 is 10.1 Å². The van der Waals surface area contributed by atoms with Gasteiger partial charge >= 0.3 is 5.97 Å². The Labute approximate surface area is 193 Å². The number of carbonyl (C=O) groups excluding carboxylic acids is 2. The first kappa shape index (κ1) is 23.2. The number of carbonyl (C=O) groups is 2. The minimum absolute atomic E-state index is 0.0393. The fraction of sp³-hybridized carbons (Fsp3) is 0.190. The molecular formula is C21H18Cl2N4O5. The number of nitrogens with zero attached hydrogens (tertiary/aromatic N) is 3. The van der Waals surface area contributed by atoms with Crippen molar-refractivity contribution in [2.75, 3.05) is 11.9 Å². The number of rotatable bonds is 7. The number of aryl methyl sites for hydroxylation is 2. The number of nitrogens with one attached hydrogen (secondary N) is 1. The molecule has 0 aliphatic carbocycles. The molecule has 166 valence electrons. The van der Waals surface area contributed by atoms with Crippen LogP contribution >= 0.6 is 23.2 Å². The maximum atomic E-state index is 12.5. The van der Waals surface area contributed by atoms with Gasteiger partial charge in [-0.15, -0.1) is 0 Å². The van der Waals surface area contributed by atoms with E-state index >= 15 is 0 Å². The van der Waals surface area contributed by atoms with Gasteiger partial charge in [0.2, 0.25) is 0 Å². The van der Waals surface area contributed by atoms with Crippen LogP contribution < -0.4 is 5.32 Å². The highest BCUT2D eigenvalue weighted by Gasteiger charge is 2.23. The van der Waals surface area contributed by atoms with Crippen molar-refractivity contribution >= 4 is 46.5 Å². The zero-order valence-electron chi connectivity index (χ0n) is 17.1. The Morgan fingerprint density at radius 3 is 2.59 bits per heavy atom. The van der Waals surface area contributed by atoms with E-state index in [1.807, 2.05) is 12.1 Å². The van der Waals surface area contributed by atoms with Crippen molar-refractivity contribution in [2.45, 2.75) is 20.4 Å². The molecule has 0 aliphatic heterocycles. The zero-order valence-corrected chi connectivity index (χ0v) is 18.6. The Balaban J connectivity index is 1.66. The summed E-state index contributed by atoms with van der Waals surface area (Å²) in [6, 6.07) is 11.4. The third-order valence-corrected chi connectivity index (χ3v) is 5.32. The van der Waals surface area contributed by atoms with Gasteiger partial charge in [-0.05, 0) is 31.5 Å². The number of aromatic nitrogens is 2. The van der Waals surface area contributed by atoms with Crippen LogP contribution in [0.25, 0.3) is 0 Å². The number of nitro benzene ring substituents is 1. The molecule has 0 saturated heterocycles. The lowest BCUT2D eigenvalue weighted by Crippen LogP contribution is -2.21. The average Bonchev–Trinajstić information content (AvgIpc) is 3.02. The summed E-state index contributed by atoms with van der Waals surface area (Å²) in [5.74, 6) is -1.48. The number of benzene rings is 2. The van der Waals surface area contributed by atoms with Gasteiger partial charge in [0.25, 0.3) is 11.6 Å². The number of amides is 1. The number of hydrogen-bond donors (Lipinski definition) is 1. The molecule has 0 fully saturated rings. The third kappa shape index (κ3) is 5.24. The highest BCUT2D eigenvalue weighted by Crippen LogP contribution is 2.25. The monoisotopic (exact) mass is 476 g/mol. The highest BCUT2D eigenvalue weighted by atomic mass is 35.5. The van der Waals surface area contributed by atoms with E-state index in [1.165, 1.54) is 22.9 Å². The van der Waals surface area contributed by atoms with Crippen molar-refractivity contribution < 1.29 is 19.2 Å².